The van der Waals surface area contributed by atoms with Gasteiger partial charge in [0.2, 0.25) is 5.91 Å². The summed E-state index contributed by atoms with van der Waals surface area (Å²) in [6.45, 7) is 13.0. The number of piperazine rings is 1. The molecule has 6 aliphatic rings. The smallest absolute Gasteiger partial charge is 0.320 e. The summed E-state index contributed by atoms with van der Waals surface area (Å²) in [7, 11) is 0. The summed E-state index contributed by atoms with van der Waals surface area (Å²) < 4.78 is 38.6. The lowest BCUT2D eigenvalue weighted by atomic mass is 9.73. The highest BCUT2D eigenvalue weighted by Crippen LogP contribution is 2.43. The first-order valence-corrected chi connectivity index (χ1v) is 17.5. The average molecular weight is 625 g/mol. The summed E-state index contributed by atoms with van der Waals surface area (Å²) >= 11 is 1.86. The third-order valence-corrected chi connectivity index (χ3v) is 12.3. The van der Waals surface area contributed by atoms with Crippen molar-refractivity contribution in [2.75, 3.05) is 38.5 Å². The predicted octanol–water partition coefficient (Wildman–Crippen LogP) is 2.72. The maximum atomic E-state index is 16.5. The Labute approximate surface area is 259 Å². The van der Waals surface area contributed by atoms with Crippen LogP contribution in [0.1, 0.15) is 52.9 Å². The molecule has 3 amide bonds. The molecule has 6 rings (SSSR count). The number of urea groups is 1. The van der Waals surface area contributed by atoms with E-state index in [0.717, 1.165) is 31.6 Å². The van der Waals surface area contributed by atoms with Gasteiger partial charge in [-0.05, 0) is 57.6 Å². The summed E-state index contributed by atoms with van der Waals surface area (Å²) in [5.41, 5.74) is 0. The Morgan fingerprint density at radius 1 is 1.16 bits per heavy atom. The summed E-state index contributed by atoms with van der Waals surface area (Å²) in [6.07, 6.45) is 0.784. The van der Waals surface area contributed by atoms with E-state index in [4.69, 9.17) is 4.74 Å². The highest BCUT2D eigenvalue weighted by atomic mass is 32.2. The van der Waals surface area contributed by atoms with Gasteiger partial charge in [0.05, 0.1) is 31.1 Å². The van der Waals surface area contributed by atoms with Gasteiger partial charge in [-0.1, -0.05) is 20.4 Å². The number of hydrogen-bond acceptors (Lipinski definition) is 7. The second-order valence-corrected chi connectivity index (χ2v) is 15.1. The van der Waals surface area contributed by atoms with E-state index in [2.05, 4.69) is 48.2 Å². The van der Waals surface area contributed by atoms with Gasteiger partial charge in [0.15, 0.2) is 0 Å². The van der Waals surface area contributed by atoms with E-state index in [-0.39, 0.29) is 59.7 Å². The SMILES string of the molecule is C=CC(=O)N1CCN(C2NC(=O)N3C4NC(C(F)CC42)C2C(F)CCCC2OCCSC2CCNC(C(C)C)C23)[C@@H](C)C1. The number of hydrogen-bond donors (Lipinski definition) is 3. The molecule has 3 N–H and O–H groups in total. The number of carbonyl (C=O) groups is 2. The zero-order chi connectivity index (χ0) is 30.4. The fraction of sp³-hybridized carbons (Fsp3) is 0.871. The Kier molecular flexibility index (Phi) is 9.60. The largest absolute Gasteiger partial charge is 0.377 e. The molecule has 6 fully saturated rings. The van der Waals surface area contributed by atoms with Crippen molar-refractivity contribution >= 4 is 23.7 Å². The Hall–Kier alpha value is -1.47. The highest BCUT2D eigenvalue weighted by Gasteiger charge is 2.57. The van der Waals surface area contributed by atoms with Crippen LogP contribution in [0, 0.1) is 17.8 Å². The van der Waals surface area contributed by atoms with Gasteiger partial charge in [-0.25, -0.2) is 13.6 Å². The van der Waals surface area contributed by atoms with E-state index in [9.17, 15) is 9.59 Å². The molecule has 43 heavy (non-hydrogen) atoms. The number of thioether (sulfide) groups is 1. The van der Waals surface area contributed by atoms with Crippen molar-refractivity contribution in [3.63, 3.8) is 0 Å². The topological polar surface area (TPSA) is 89.2 Å². The number of nitrogens with zero attached hydrogens (tertiary/aromatic N) is 3. The second kappa shape index (κ2) is 13.1. The molecule has 0 aromatic rings. The average Bonchev–Trinajstić information content (AvgIpc) is 2.98. The van der Waals surface area contributed by atoms with Crippen molar-refractivity contribution in [3.05, 3.63) is 12.7 Å². The van der Waals surface area contributed by atoms with E-state index in [0.29, 0.717) is 32.7 Å². The van der Waals surface area contributed by atoms with Gasteiger partial charge >= 0.3 is 6.03 Å². The molecule has 0 aromatic heterocycles. The number of rotatable bonds is 3. The van der Waals surface area contributed by atoms with Crippen LogP contribution in [-0.2, 0) is 9.53 Å². The molecule has 12 heteroatoms. The van der Waals surface area contributed by atoms with Crippen LogP contribution < -0.4 is 16.0 Å². The molecular weight excluding hydrogens is 574 g/mol. The second-order valence-electron chi connectivity index (χ2n) is 13.8. The van der Waals surface area contributed by atoms with E-state index in [1.165, 1.54) is 6.08 Å². The molecule has 5 saturated heterocycles. The summed E-state index contributed by atoms with van der Waals surface area (Å²) in [4.78, 5) is 32.7. The molecule has 1 aliphatic carbocycles. The summed E-state index contributed by atoms with van der Waals surface area (Å²) in [5.74, 6) is 0.100. The molecule has 0 radical (unpaired) electrons. The Bertz CT molecular complexity index is 1040. The summed E-state index contributed by atoms with van der Waals surface area (Å²) in [6, 6.07) is -0.952. The van der Waals surface area contributed by atoms with Crippen LogP contribution in [0.5, 0.6) is 0 Å². The van der Waals surface area contributed by atoms with Crippen LogP contribution in [-0.4, -0.2) is 125 Å². The van der Waals surface area contributed by atoms with Crippen LogP contribution in [0.25, 0.3) is 0 Å². The van der Waals surface area contributed by atoms with Crippen LogP contribution in [0.2, 0.25) is 0 Å². The van der Waals surface area contributed by atoms with Crippen LogP contribution in [0.3, 0.4) is 0 Å². The minimum atomic E-state index is -1.27. The maximum Gasteiger partial charge on any atom is 0.320 e. The number of amides is 3. The first-order chi connectivity index (χ1) is 20.7. The number of ether oxygens (including phenoxy) is 1. The van der Waals surface area contributed by atoms with Gasteiger partial charge in [-0.2, -0.15) is 11.8 Å². The van der Waals surface area contributed by atoms with Gasteiger partial charge in [-0.15, -0.1) is 0 Å². The molecule has 2 bridgehead atoms. The van der Waals surface area contributed by atoms with Crippen molar-refractivity contribution in [3.8, 4) is 0 Å². The summed E-state index contributed by atoms with van der Waals surface area (Å²) in [5, 5.41) is 10.9. The molecular formula is C31H50F2N6O3S. The molecule has 11 unspecified atom stereocenters. The molecule has 0 aromatic carbocycles. The molecule has 5 aliphatic heterocycles. The predicted molar refractivity (Wildman–Crippen MR) is 164 cm³/mol. The number of halogens is 2. The number of piperidine rings is 2. The van der Waals surface area contributed by atoms with Crippen LogP contribution >= 0.6 is 11.8 Å². The monoisotopic (exact) mass is 624 g/mol. The minimum absolute atomic E-state index is 0.0362. The Morgan fingerprint density at radius 2 is 1.98 bits per heavy atom. The minimum Gasteiger partial charge on any atom is -0.377 e. The van der Waals surface area contributed by atoms with Crippen molar-refractivity contribution in [1.82, 2.24) is 30.7 Å². The number of alkyl halides is 2. The molecule has 242 valence electrons. The van der Waals surface area contributed by atoms with E-state index in [1.807, 2.05) is 16.7 Å². The third kappa shape index (κ3) is 5.95. The van der Waals surface area contributed by atoms with Crippen molar-refractivity contribution in [1.29, 1.82) is 0 Å². The first kappa shape index (κ1) is 31.5. The lowest BCUT2D eigenvalue weighted by Gasteiger charge is -2.60. The van der Waals surface area contributed by atoms with Gasteiger partial charge in [0, 0.05) is 60.6 Å². The highest BCUT2D eigenvalue weighted by molar-refractivity contribution is 8.00. The molecule has 0 spiro atoms. The fourth-order valence-electron chi connectivity index (χ4n) is 8.96. The van der Waals surface area contributed by atoms with E-state index >= 15 is 8.78 Å². The zero-order valence-corrected chi connectivity index (χ0v) is 26.6. The van der Waals surface area contributed by atoms with E-state index < -0.39 is 36.6 Å². The van der Waals surface area contributed by atoms with Crippen LogP contribution in [0.15, 0.2) is 12.7 Å². The molecule has 12 atom stereocenters. The van der Waals surface area contributed by atoms with Gasteiger partial charge in [0.1, 0.15) is 12.3 Å². The quantitative estimate of drug-likeness (QED) is 0.417. The van der Waals surface area contributed by atoms with E-state index in [1.54, 1.807) is 4.90 Å². The fourth-order valence-corrected chi connectivity index (χ4v) is 10.2. The molecule has 9 nitrogen and oxygen atoms in total. The van der Waals surface area contributed by atoms with Crippen molar-refractivity contribution in [2.24, 2.45) is 17.8 Å². The number of fused-ring (bicyclic) bond motifs is 5. The normalized spacial score (nSPS) is 44.4. The Balaban J connectivity index is 1.37. The third-order valence-electron chi connectivity index (χ3n) is 11.0. The first-order valence-electron chi connectivity index (χ1n) is 16.5. The van der Waals surface area contributed by atoms with Gasteiger partial charge in [0.25, 0.3) is 0 Å². The maximum absolute atomic E-state index is 16.5. The standard InChI is InChI=1S/C31H50F2N6O3S/c1-5-24(40)37-11-12-38(18(4)16-37)29-19-15-21(33)27-25-20(32)7-6-8-22(25)42-13-14-43-23-9-10-34-26(17(2)3)28(23)39(30(19)35-27)31(41)36-29/h5,17-23,25-30,34-35H,1,6-16H2,2-4H3,(H,36,41)/t18-,19?,20?,21?,22?,23?,25?,26?,27?,28?,29?,30?/m0/s1. The van der Waals surface area contributed by atoms with Crippen LogP contribution in [0.4, 0.5) is 13.6 Å². The van der Waals surface area contributed by atoms with Gasteiger partial charge in [-0.3, -0.25) is 15.0 Å². The number of nitrogens with one attached hydrogen (secondary N) is 3. The van der Waals surface area contributed by atoms with Crippen molar-refractivity contribution < 1.29 is 23.1 Å². The zero-order valence-electron chi connectivity index (χ0n) is 25.8. The lowest BCUT2D eigenvalue weighted by Crippen LogP contribution is -2.80. The van der Waals surface area contributed by atoms with Gasteiger partial charge < -0.3 is 25.2 Å². The number of carbonyl (C=O) groups excluding carboxylic acids is 2. The molecule has 1 saturated carbocycles. The molecule has 5 heterocycles. The Morgan fingerprint density at radius 3 is 2.72 bits per heavy atom. The lowest BCUT2D eigenvalue weighted by molar-refractivity contribution is -0.133. The van der Waals surface area contributed by atoms with Crippen molar-refractivity contribution in [2.45, 2.75) is 113 Å².